The summed E-state index contributed by atoms with van der Waals surface area (Å²) in [5, 5.41) is 12.2. The Bertz CT molecular complexity index is 1310. The van der Waals surface area contributed by atoms with Gasteiger partial charge in [0.2, 0.25) is 5.88 Å². The number of carbonyl (C=O) groups is 1. The van der Waals surface area contributed by atoms with Crippen molar-refractivity contribution >= 4 is 17.2 Å². The minimum absolute atomic E-state index is 0.226. The van der Waals surface area contributed by atoms with Crippen LogP contribution in [0.2, 0.25) is 0 Å². The molecule has 0 atom stereocenters. The van der Waals surface area contributed by atoms with Crippen LogP contribution in [0.1, 0.15) is 16.1 Å². The molecular weight excluding hydrogens is 428 g/mol. The molecule has 0 bridgehead atoms. The van der Waals surface area contributed by atoms with Crippen LogP contribution in [0.3, 0.4) is 0 Å². The third-order valence-electron chi connectivity index (χ3n) is 4.76. The molecule has 0 aliphatic carbocycles. The maximum Gasteiger partial charge on any atom is 0.266 e. The minimum atomic E-state index is -0.329. The highest BCUT2D eigenvalue weighted by Gasteiger charge is 2.17. The summed E-state index contributed by atoms with van der Waals surface area (Å²) >= 11 is 1.53. The number of benzene rings is 1. The van der Waals surface area contributed by atoms with E-state index in [9.17, 15) is 9.59 Å². The first-order valence-electron chi connectivity index (χ1n) is 9.93. The molecule has 0 saturated carbocycles. The average Bonchev–Trinajstić information content (AvgIpc) is 3.38. The number of hydrogen-bond donors (Lipinski definition) is 1. The Kier molecular flexibility index (Phi) is 6.13. The number of carbonyl (C=O) groups excluding carboxylic acids is 1. The first kappa shape index (κ1) is 21.4. The highest BCUT2D eigenvalue weighted by Crippen LogP contribution is 2.33. The van der Waals surface area contributed by atoms with E-state index in [-0.39, 0.29) is 30.4 Å². The Morgan fingerprint density at radius 3 is 2.69 bits per heavy atom. The van der Waals surface area contributed by atoms with Gasteiger partial charge in [0.05, 0.1) is 24.2 Å². The standard InChI is InChI=1S/C22H22N6O3S/c1-14-19(32-22(24-14)15-7-5-4-6-8-15)17-9-10-18(29)28(25-17)12-11-23-20(30)16-13-27(2)26-21(16)31-3/h4-10,13H,11-12H2,1-3H3,(H,23,30). The second kappa shape index (κ2) is 9.15. The smallest absolute Gasteiger partial charge is 0.266 e. The number of rotatable bonds is 7. The molecule has 0 fully saturated rings. The Balaban J connectivity index is 1.49. The number of hydrogen-bond acceptors (Lipinski definition) is 7. The summed E-state index contributed by atoms with van der Waals surface area (Å²) < 4.78 is 7.96. The molecule has 0 aliphatic rings. The van der Waals surface area contributed by atoms with Crippen molar-refractivity contribution < 1.29 is 9.53 Å². The molecule has 0 spiro atoms. The Hall–Kier alpha value is -3.79. The van der Waals surface area contributed by atoms with Gasteiger partial charge in [0, 0.05) is 31.4 Å². The summed E-state index contributed by atoms with van der Waals surface area (Å²) in [6.07, 6.45) is 1.58. The van der Waals surface area contributed by atoms with Crippen LogP contribution in [-0.2, 0) is 13.6 Å². The van der Waals surface area contributed by atoms with Crippen LogP contribution in [0, 0.1) is 6.92 Å². The van der Waals surface area contributed by atoms with Crippen LogP contribution in [0.25, 0.3) is 21.1 Å². The highest BCUT2D eigenvalue weighted by molar-refractivity contribution is 7.18. The SMILES string of the molecule is COc1nn(C)cc1C(=O)NCCn1nc(-c2sc(-c3ccccc3)nc2C)ccc1=O. The van der Waals surface area contributed by atoms with Crippen molar-refractivity contribution in [1.29, 1.82) is 0 Å². The normalized spacial score (nSPS) is 10.8. The summed E-state index contributed by atoms with van der Waals surface area (Å²) in [5.41, 5.74) is 2.64. The summed E-state index contributed by atoms with van der Waals surface area (Å²) in [7, 11) is 3.16. The fourth-order valence-electron chi connectivity index (χ4n) is 3.21. The monoisotopic (exact) mass is 450 g/mol. The van der Waals surface area contributed by atoms with Gasteiger partial charge in [-0.05, 0) is 13.0 Å². The van der Waals surface area contributed by atoms with Gasteiger partial charge >= 0.3 is 0 Å². The lowest BCUT2D eigenvalue weighted by atomic mass is 10.2. The first-order valence-corrected chi connectivity index (χ1v) is 10.7. The molecule has 4 aromatic rings. The molecule has 0 radical (unpaired) electrons. The molecular formula is C22H22N6O3S. The summed E-state index contributed by atoms with van der Waals surface area (Å²) in [6.45, 7) is 2.38. The summed E-state index contributed by atoms with van der Waals surface area (Å²) in [5.74, 6) is -0.0814. The van der Waals surface area contributed by atoms with Gasteiger partial charge in [0.15, 0.2) is 0 Å². The lowest BCUT2D eigenvalue weighted by Crippen LogP contribution is -2.32. The van der Waals surface area contributed by atoms with Crippen LogP contribution in [0.5, 0.6) is 5.88 Å². The zero-order chi connectivity index (χ0) is 22.7. The van der Waals surface area contributed by atoms with Crippen molar-refractivity contribution in [2.24, 2.45) is 7.05 Å². The third kappa shape index (κ3) is 4.45. The minimum Gasteiger partial charge on any atom is -0.479 e. The van der Waals surface area contributed by atoms with Crippen LogP contribution in [0.15, 0.2) is 53.5 Å². The predicted molar refractivity (Wildman–Crippen MR) is 122 cm³/mol. The zero-order valence-corrected chi connectivity index (χ0v) is 18.7. The molecule has 3 heterocycles. The quantitative estimate of drug-likeness (QED) is 0.464. The second-order valence-corrected chi connectivity index (χ2v) is 8.06. The first-order chi connectivity index (χ1) is 15.5. The van der Waals surface area contributed by atoms with Crippen LogP contribution >= 0.6 is 11.3 Å². The number of nitrogens with one attached hydrogen (secondary N) is 1. The molecule has 0 saturated heterocycles. The second-order valence-electron chi connectivity index (χ2n) is 7.06. The van der Waals surface area contributed by atoms with E-state index in [1.165, 1.54) is 33.9 Å². The van der Waals surface area contributed by atoms with Gasteiger partial charge in [0.1, 0.15) is 16.3 Å². The van der Waals surface area contributed by atoms with Crippen molar-refractivity contribution in [3.05, 3.63) is 70.3 Å². The lowest BCUT2D eigenvalue weighted by Gasteiger charge is -2.08. The van der Waals surface area contributed by atoms with Crippen molar-refractivity contribution in [3.8, 4) is 27.0 Å². The molecule has 0 unspecified atom stereocenters. The molecule has 9 nitrogen and oxygen atoms in total. The van der Waals surface area contributed by atoms with Gasteiger partial charge < -0.3 is 10.1 Å². The Morgan fingerprint density at radius 1 is 1.16 bits per heavy atom. The van der Waals surface area contributed by atoms with Crippen LogP contribution in [-0.4, -0.2) is 44.1 Å². The predicted octanol–water partition coefficient (Wildman–Crippen LogP) is 2.51. The van der Waals surface area contributed by atoms with Gasteiger partial charge in [0.25, 0.3) is 11.5 Å². The maximum absolute atomic E-state index is 12.4. The van der Waals surface area contributed by atoms with Crippen molar-refractivity contribution in [2.75, 3.05) is 13.7 Å². The summed E-state index contributed by atoms with van der Waals surface area (Å²) in [6, 6.07) is 13.1. The van der Waals surface area contributed by atoms with E-state index >= 15 is 0 Å². The maximum atomic E-state index is 12.4. The van der Waals surface area contributed by atoms with Crippen molar-refractivity contribution in [1.82, 2.24) is 29.9 Å². The number of aryl methyl sites for hydroxylation is 2. The van der Waals surface area contributed by atoms with Gasteiger partial charge in [-0.15, -0.1) is 16.4 Å². The van der Waals surface area contributed by atoms with Crippen molar-refractivity contribution in [3.63, 3.8) is 0 Å². The molecule has 10 heteroatoms. The zero-order valence-electron chi connectivity index (χ0n) is 17.9. The lowest BCUT2D eigenvalue weighted by molar-refractivity contribution is 0.0948. The van der Waals surface area contributed by atoms with E-state index in [0.717, 1.165) is 21.1 Å². The van der Waals surface area contributed by atoms with Crippen LogP contribution in [0.4, 0.5) is 0 Å². The number of ether oxygens (including phenoxy) is 1. The molecule has 32 heavy (non-hydrogen) atoms. The van der Waals surface area contributed by atoms with Crippen LogP contribution < -0.4 is 15.6 Å². The highest BCUT2D eigenvalue weighted by atomic mass is 32.1. The van der Waals surface area contributed by atoms with E-state index in [2.05, 4.69) is 20.5 Å². The summed E-state index contributed by atoms with van der Waals surface area (Å²) in [4.78, 5) is 30.3. The van der Waals surface area contributed by atoms with Gasteiger partial charge in [-0.1, -0.05) is 30.3 Å². The molecule has 1 aromatic carbocycles. The number of aromatic nitrogens is 5. The fraction of sp³-hybridized carbons (Fsp3) is 0.227. The largest absolute Gasteiger partial charge is 0.479 e. The van der Waals surface area contributed by atoms with Crippen molar-refractivity contribution in [2.45, 2.75) is 13.5 Å². The molecule has 1 amide bonds. The Morgan fingerprint density at radius 2 is 1.94 bits per heavy atom. The molecule has 4 rings (SSSR count). The van der Waals surface area contributed by atoms with E-state index in [0.29, 0.717) is 11.3 Å². The van der Waals surface area contributed by atoms with Gasteiger partial charge in [-0.3, -0.25) is 14.3 Å². The van der Waals surface area contributed by atoms with E-state index in [1.54, 1.807) is 19.3 Å². The Labute approximate surface area is 188 Å². The topological polar surface area (TPSA) is 104 Å². The van der Waals surface area contributed by atoms with Gasteiger partial charge in [-0.25, -0.2) is 9.67 Å². The number of thiazole rings is 1. The molecule has 0 aliphatic heterocycles. The van der Waals surface area contributed by atoms with E-state index in [1.807, 2.05) is 37.3 Å². The average molecular weight is 451 g/mol. The molecule has 1 N–H and O–H groups in total. The number of methoxy groups -OCH3 is 1. The third-order valence-corrected chi connectivity index (χ3v) is 5.99. The van der Waals surface area contributed by atoms with E-state index in [4.69, 9.17) is 4.74 Å². The molecule has 164 valence electrons. The van der Waals surface area contributed by atoms with Gasteiger partial charge in [-0.2, -0.15) is 5.10 Å². The molecule has 3 aromatic heterocycles. The number of amides is 1. The number of nitrogens with zero attached hydrogens (tertiary/aromatic N) is 5. The van der Waals surface area contributed by atoms with E-state index < -0.39 is 0 Å². The fourth-order valence-corrected chi connectivity index (χ4v) is 4.25.